The average Bonchev–Trinajstić information content (AvgIpc) is 3.13. The van der Waals surface area contributed by atoms with Crippen LogP contribution in [0.2, 0.25) is 5.02 Å². The molecule has 1 atom stereocenters. The number of carbonyl (C=O) groups excluding carboxylic acids is 1. The first-order valence-electron chi connectivity index (χ1n) is 9.04. The molecule has 1 aromatic carbocycles. The average molecular weight is 350 g/mol. The van der Waals surface area contributed by atoms with E-state index in [0.29, 0.717) is 6.04 Å². The third-order valence-electron chi connectivity index (χ3n) is 5.48. The third kappa shape index (κ3) is 3.86. The predicted octanol–water partition coefficient (Wildman–Crippen LogP) is 3.84. The normalized spacial score (nSPS) is 20.6. The highest BCUT2D eigenvalue weighted by atomic mass is 35.5. The zero-order valence-electron chi connectivity index (χ0n) is 14.7. The number of nitrogens with zero attached hydrogens (tertiary/aromatic N) is 2. The third-order valence-corrected chi connectivity index (χ3v) is 5.81. The number of hydrogen-bond acceptors (Lipinski definition) is 2. The Bertz CT molecular complexity index is 582. The monoisotopic (exact) mass is 349 g/mol. The van der Waals surface area contributed by atoms with E-state index >= 15 is 0 Å². The molecule has 0 radical (unpaired) electrons. The molecule has 1 N–H and O–H groups in total. The topological polar surface area (TPSA) is 35.6 Å². The molecule has 5 heteroatoms. The van der Waals surface area contributed by atoms with Crippen LogP contribution in [0.5, 0.6) is 0 Å². The summed E-state index contributed by atoms with van der Waals surface area (Å²) >= 11 is 6.32. The second-order valence-electron chi connectivity index (χ2n) is 7.29. The highest BCUT2D eigenvalue weighted by Gasteiger charge is 2.47. The molecule has 0 aromatic heterocycles. The minimum Gasteiger partial charge on any atom is -0.328 e. The van der Waals surface area contributed by atoms with E-state index in [1.165, 1.54) is 25.9 Å². The Kier molecular flexibility index (Phi) is 5.36. The van der Waals surface area contributed by atoms with Gasteiger partial charge >= 0.3 is 6.03 Å². The first-order valence-corrected chi connectivity index (χ1v) is 9.42. The summed E-state index contributed by atoms with van der Waals surface area (Å²) in [5.74, 6) is 0. The fourth-order valence-electron chi connectivity index (χ4n) is 3.58. The van der Waals surface area contributed by atoms with Crippen LogP contribution in [0.25, 0.3) is 0 Å². The van der Waals surface area contributed by atoms with Gasteiger partial charge in [-0.2, -0.15) is 0 Å². The summed E-state index contributed by atoms with van der Waals surface area (Å²) < 4.78 is 0. The maximum Gasteiger partial charge on any atom is 0.317 e. The van der Waals surface area contributed by atoms with Crippen molar-refractivity contribution in [1.29, 1.82) is 0 Å². The molecule has 1 aliphatic carbocycles. The van der Waals surface area contributed by atoms with E-state index in [0.717, 1.165) is 36.4 Å². The molecular weight excluding hydrogens is 322 g/mol. The van der Waals surface area contributed by atoms with Gasteiger partial charge in [0.25, 0.3) is 0 Å². The van der Waals surface area contributed by atoms with Crippen LogP contribution in [-0.4, -0.2) is 48.6 Å². The summed E-state index contributed by atoms with van der Waals surface area (Å²) in [6.07, 6.45) is 5.55. The van der Waals surface area contributed by atoms with Gasteiger partial charge in [-0.3, -0.25) is 0 Å². The summed E-state index contributed by atoms with van der Waals surface area (Å²) in [7, 11) is 1.88. The van der Waals surface area contributed by atoms with Crippen molar-refractivity contribution >= 4 is 17.6 Å². The van der Waals surface area contributed by atoms with Crippen molar-refractivity contribution in [3.05, 3.63) is 34.9 Å². The molecule has 2 amide bonds. The van der Waals surface area contributed by atoms with E-state index in [4.69, 9.17) is 11.6 Å². The van der Waals surface area contributed by atoms with Crippen molar-refractivity contribution in [3.8, 4) is 0 Å². The fourth-order valence-corrected chi connectivity index (χ4v) is 3.90. The van der Waals surface area contributed by atoms with E-state index in [-0.39, 0.29) is 11.6 Å². The van der Waals surface area contributed by atoms with Crippen LogP contribution < -0.4 is 5.32 Å². The van der Waals surface area contributed by atoms with E-state index in [9.17, 15) is 4.79 Å². The number of benzene rings is 1. The predicted molar refractivity (Wildman–Crippen MR) is 98.4 cm³/mol. The molecule has 1 saturated carbocycles. The Morgan fingerprint density at radius 2 is 2.00 bits per heavy atom. The molecule has 132 valence electrons. The van der Waals surface area contributed by atoms with E-state index in [2.05, 4.69) is 17.1 Å². The number of nitrogens with one attached hydrogen (secondary N) is 1. The smallest absolute Gasteiger partial charge is 0.317 e. The van der Waals surface area contributed by atoms with Crippen molar-refractivity contribution in [1.82, 2.24) is 15.1 Å². The van der Waals surface area contributed by atoms with Crippen LogP contribution in [-0.2, 0) is 5.54 Å². The van der Waals surface area contributed by atoms with Crippen molar-refractivity contribution in [2.75, 3.05) is 26.7 Å². The molecule has 0 bridgehead atoms. The van der Waals surface area contributed by atoms with Crippen LogP contribution >= 0.6 is 11.6 Å². The lowest BCUT2D eigenvalue weighted by Crippen LogP contribution is -2.44. The summed E-state index contributed by atoms with van der Waals surface area (Å²) in [5.41, 5.74) is 0.781. The molecule has 1 aliphatic heterocycles. The Labute approximate surface area is 150 Å². The van der Waals surface area contributed by atoms with Gasteiger partial charge in [0.15, 0.2) is 0 Å². The highest BCUT2D eigenvalue weighted by molar-refractivity contribution is 6.31. The lowest BCUT2D eigenvalue weighted by atomic mass is 10.1. The van der Waals surface area contributed by atoms with E-state index in [1.807, 2.05) is 36.2 Å². The molecule has 3 rings (SSSR count). The summed E-state index contributed by atoms with van der Waals surface area (Å²) in [5, 5.41) is 3.94. The van der Waals surface area contributed by atoms with Gasteiger partial charge in [0.2, 0.25) is 0 Å². The molecule has 2 aliphatic rings. The second kappa shape index (κ2) is 7.32. The van der Waals surface area contributed by atoms with Gasteiger partial charge in [-0.15, -0.1) is 0 Å². The minimum absolute atomic E-state index is 0.000965. The summed E-state index contributed by atoms with van der Waals surface area (Å²) in [6.45, 7) is 5.45. The van der Waals surface area contributed by atoms with Gasteiger partial charge in [-0.1, -0.05) is 29.8 Å². The van der Waals surface area contributed by atoms with Gasteiger partial charge < -0.3 is 15.1 Å². The van der Waals surface area contributed by atoms with Gasteiger partial charge in [-0.05, 0) is 63.7 Å². The van der Waals surface area contributed by atoms with Crippen molar-refractivity contribution in [2.45, 2.75) is 50.6 Å². The summed E-state index contributed by atoms with van der Waals surface area (Å²) in [4.78, 5) is 16.9. The molecule has 2 fully saturated rings. The van der Waals surface area contributed by atoms with Crippen LogP contribution in [0.4, 0.5) is 4.79 Å². The number of amides is 2. The standard InChI is InChI=1S/C19H28ClN3O/c1-15(23-12-5-6-13-23)9-14-22(2)18(24)21-19(10-11-19)16-7-3-4-8-17(16)20/h3-4,7-8,15H,5-6,9-14H2,1-2H3,(H,21,24)/t15-/m0/s1. The second-order valence-corrected chi connectivity index (χ2v) is 7.70. The molecule has 1 saturated heterocycles. The van der Waals surface area contributed by atoms with Crippen molar-refractivity contribution in [3.63, 3.8) is 0 Å². The van der Waals surface area contributed by atoms with Gasteiger partial charge in [0.05, 0.1) is 5.54 Å². The van der Waals surface area contributed by atoms with Crippen LogP contribution in [0.3, 0.4) is 0 Å². The number of halogens is 1. The van der Waals surface area contributed by atoms with E-state index in [1.54, 1.807) is 0 Å². The zero-order valence-corrected chi connectivity index (χ0v) is 15.5. The number of rotatable bonds is 6. The Balaban J connectivity index is 1.52. The Morgan fingerprint density at radius 3 is 2.62 bits per heavy atom. The molecule has 0 unspecified atom stereocenters. The van der Waals surface area contributed by atoms with Gasteiger partial charge in [0, 0.05) is 24.7 Å². The highest BCUT2D eigenvalue weighted by Crippen LogP contribution is 2.48. The lowest BCUT2D eigenvalue weighted by molar-refractivity contribution is 0.190. The molecule has 1 heterocycles. The van der Waals surface area contributed by atoms with E-state index < -0.39 is 0 Å². The fraction of sp³-hybridized carbons (Fsp3) is 0.632. The molecular formula is C19H28ClN3O. The molecule has 4 nitrogen and oxygen atoms in total. The van der Waals surface area contributed by atoms with Gasteiger partial charge in [0.1, 0.15) is 0 Å². The number of urea groups is 1. The largest absolute Gasteiger partial charge is 0.328 e. The number of hydrogen-bond donors (Lipinski definition) is 1. The molecule has 1 aromatic rings. The van der Waals surface area contributed by atoms with Crippen LogP contribution in [0.15, 0.2) is 24.3 Å². The lowest BCUT2D eigenvalue weighted by Gasteiger charge is -2.28. The minimum atomic E-state index is -0.260. The SMILES string of the molecule is C[C@@H](CCN(C)C(=O)NC1(c2ccccc2Cl)CC1)N1CCCC1. The Morgan fingerprint density at radius 1 is 1.33 bits per heavy atom. The quantitative estimate of drug-likeness (QED) is 0.846. The maximum atomic E-state index is 12.6. The number of likely N-dealkylation sites (tertiary alicyclic amines) is 1. The summed E-state index contributed by atoms with van der Waals surface area (Å²) in [6, 6.07) is 8.36. The van der Waals surface area contributed by atoms with Crippen LogP contribution in [0, 0.1) is 0 Å². The first-order chi connectivity index (χ1) is 11.5. The molecule has 0 spiro atoms. The van der Waals surface area contributed by atoms with Crippen molar-refractivity contribution in [2.24, 2.45) is 0 Å². The number of carbonyl (C=O) groups is 1. The van der Waals surface area contributed by atoms with Crippen molar-refractivity contribution < 1.29 is 4.79 Å². The zero-order chi connectivity index (χ0) is 17.2. The Hall–Kier alpha value is -1.26. The maximum absolute atomic E-state index is 12.6. The molecule has 24 heavy (non-hydrogen) atoms. The first kappa shape index (κ1) is 17.6. The van der Waals surface area contributed by atoms with Crippen LogP contribution in [0.1, 0.15) is 44.6 Å². The van der Waals surface area contributed by atoms with Gasteiger partial charge in [-0.25, -0.2) is 4.79 Å².